The molecular weight excluding hydrogens is 333 g/mol. The first kappa shape index (κ1) is 17.7. The molecule has 134 valence electrons. The Kier molecular flexibility index (Phi) is 5.63. The second-order valence-corrected chi connectivity index (χ2v) is 5.86. The van der Waals surface area contributed by atoms with Crippen LogP contribution in [0.1, 0.15) is 23.9 Å². The van der Waals surface area contributed by atoms with Crippen LogP contribution >= 0.6 is 0 Å². The van der Waals surface area contributed by atoms with E-state index in [9.17, 15) is 9.18 Å². The minimum atomic E-state index is -0.458. The Bertz CT molecular complexity index is 847. The van der Waals surface area contributed by atoms with Gasteiger partial charge in [0.25, 0.3) is 0 Å². The molecule has 1 aromatic heterocycles. The van der Waals surface area contributed by atoms with Crippen molar-refractivity contribution >= 4 is 5.91 Å². The number of para-hydroxylation sites is 1. The van der Waals surface area contributed by atoms with Crippen LogP contribution in [-0.2, 0) is 11.8 Å². The first-order valence-electron chi connectivity index (χ1n) is 8.33. The maximum Gasteiger partial charge on any atom is 0.224 e. The Hall–Kier alpha value is -3.15. The quantitative estimate of drug-likeness (QED) is 0.709. The van der Waals surface area contributed by atoms with Crippen LogP contribution in [0.3, 0.4) is 0 Å². The number of carbonyl (C=O) groups is 1. The number of aryl methyl sites for hydroxylation is 1. The summed E-state index contributed by atoms with van der Waals surface area (Å²) in [5, 5.41) is 2.96. The molecule has 2 aromatic carbocycles. The van der Waals surface area contributed by atoms with Crippen molar-refractivity contribution in [2.24, 2.45) is 7.05 Å². The molecule has 0 aliphatic rings. The number of ether oxygens (including phenoxy) is 1. The van der Waals surface area contributed by atoms with Crippen LogP contribution in [0, 0.1) is 5.82 Å². The molecule has 0 saturated carbocycles. The van der Waals surface area contributed by atoms with Gasteiger partial charge in [-0.15, -0.1) is 0 Å². The highest BCUT2D eigenvalue weighted by atomic mass is 19.1. The molecule has 0 aliphatic carbocycles. The van der Waals surface area contributed by atoms with Gasteiger partial charge in [0.2, 0.25) is 5.91 Å². The van der Waals surface area contributed by atoms with Crippen molar-refractivity contribution in [3.63, 3.8) is 0 Å². The predicted octanol–water partition coefficient (Wildman–Crippen LogP) is 3.23. The number of amides is 1. The molecule has 1 heterocycles. The molecule has 1 atom stereocenters. The summed E-state index contributed by atoms with van der Waals surface area (Å²) in [4.78, 5) is 16.7. The molecule has 1 amide bonds. The zero-order chi connectivity index (χ0) is 18.4. The summed E-state index contributed by atoms with van der Waals surface area (Å²) in [6.45, 7) is 0.270. The first-order valence-corrected chi connectivity index (χ1v) is 8.33. The zero-order valence-corrected chi connectivity index (χ0v) is 14.4. The largest absolute Gasteiger partial charge is 0.493 e. The van der Waals surface area contributed by atoms with Gasteiger partial charge in [-0.2, -0.15) is 0 Å². The van der Waals surface area contributed by atoms with Gasteiger partial charge in [-0.25, -0.2) is 9.37 Å². The van der Waals surface area contributed by atoms with E-state index in [-0.39, 0.29) is 24.8 Å². The lowest BCUT2D eigenvalue weighted by molar-refractivity contribution is -0.122. The fourth-order valence-corrected chi connectivity index (χ4v) is 2.62. The molecule has 26 heavy (non-hydrogen) atoms. The van der Waals surface area contributed by atoms with Crippen LogP contribution in [0.2, 0.25) is 0 Å². The second kappa shape index (κ2) is 8.29. The Balaban J connectivity index is 1.66. The normalized spacial score (nSPS) is 11.8. The van der Waals surface area contributed by atoms with Crippen molar-refractivity contribution in [1.29, 1.82) is 0 Å². The summed E-state index contributed by atoms with van der Waals surface area (Å²) in [7, 11) is 1.85. The lowest BCUT2D eigenvalue weighted by Crippen LogP contribution is -2.32. The molecule has 6 heteroatoms. The number of hydrogen-bond donors (Lipinski definition) is 1. The van der Waals surface area contributed by atoms with Crippen LogP contribution in [0.25, 0.3) is 0 Å². The topological polar surface area (TPSA) is 56.2 Å². The molecule has 0 radical (unpaired) electrons. The van der Waals surface area contributed by atoms with E-state index in [0.717, 1.165) is 11.3 Å². The number of rotatable bonds is 7. The summed E-state index contributed by atoms with van der Waals surface area (Å²) in [6, 6.07) is 14.9. The number of nitrogens with zero attached hydrogens (tertiary/aromatic N) is 2. The molecule has 1 N–H and O–H groups in total. The highest BCUT2D eigenvalue weighted by Gasteiger charge is 2.20. The van der Waals surface area contributed by atoms with Gasteiger partial charge in [0.15, 0.2) is 0 Å². The summed E-state index contributed by atoms with van der Waals surface area (Å²) in [5.74, 6) is 0.904. The van der Waals surface area contributed by atoms with Crippen LogP contribution < -0.4 is 10.1 Å². The molecular formula is C20H20FN3O2. The lowest BCUT2D eigenvalue weighted by atomic mass is 10.1. The van der Waals surface area contributed by atoms with Crippen LogP contribution in [0.4, 0.5) is 4.39 Å². The molecule has 3 rings (SSSR count). The molecule has 0 bridgehead atoms. The van der Waals surface area contributed by atoms with Gasteiger partial charge in [-0.1, -0.05) is 30.3 Å². The number of halogens is 1. The first-order chi connectivity index (χ1) is 12.6. The van der Waals surface area contributed by atoms with Gasteiger partial charge in [-0.05, 0) is 29.8 Å². The molecule has 0 saturated heterocycles. The number of aromatic nitrogens is 2. The number of hydrogen-bond acceptors (Lipinski definition) is 3. The van der Waals surface area contributed by atoms with Crippen molar-refractivity contribution < 1.29 is 13.9 Å². The van der Waals surface area contributed by atoms with Crippen molar-refractivity contribution in [1.82, 2.24) is 14.9 Å². The average molecular weight is 353 g/mol. The Morgan fingerprint density at radius 3 is 2.58 bits per heavy atom. The van der Waals surface area contributed by atoms with E-state index >= 15 is 0 Å². The minimum absolute atomic E-state index is 0.168. The van der Waals surface area contributed by atoms with Crippen LogP contribution in [0.15, 0.2) is 67.0 Å². The number of nitrogens with one attached hydrogen (secondary N) is 1. The van der Waals surface area contributed by atoms with E-state index in [0.29, 0.717) is 5.82 Å². The molecule has 0 unspecified atom stereocenters. The number of benzene rings is 2. The fourth-order valence-electron chi connectivity index (χ4n) is 2.62. The summed E-state index contributed by atoms with van der Waals surface area (Å²) in [6.07, 6.45) is 3.67. The van der Waals surface area contributed by atoms with Gasteiger partial charge in [0.1, 0.15) is 23.4 Å². The molecule has 5 nitrogen and oxygen atoms in total. The third-order valence-electron chi connectivity index (χ3n) is 3.97. The Labute approximate surface area is 151 Å². The van der Waals surface area contributed by atoms with Gasteiger partial charge in [0, 0.05) is 19.4 Å². The second-order valence-electron chi connectivity index (χ2n) is 5.86. The Morgan fingerprint density at radius 2 is 1.92 bits per heavy atom. The molecule has 0 spiro atoms. The summed E-state index contributed by atoms with van der Waals surface area (Å²) >= 11 is 0. The van der Waals surface area contributed by atoms with E-state index in [1.54, 1.807) is 24.5 Å². The smallest absolute Gasteiger partial charge is 0.224 e. The van der Waals surface area contributed by atoms with E-state index in [4.69, 9.17) is 4.74 Å². The van der Waals surface area contributed by atoms with E-state index < -0.39 is 6.04 Å². The van der Waals surface area contributed by atoms with Crippen LogP contribution in [-0.4, -0.2) is 22.1 Å². The molecule has 0 fully saturated rings. The van der Waals surface area contributed by atoms with Crippen molar-refractivity contribution in [3.05, 3.63) is 84.2 Å². The van der Waals surface area contributed by atoms with E-state index in [2.05, 4.69) is 10.3 Å². The van der Waals surface area contributed by atoms with E-state index in [1.165, 1.54) is 12.1 Å². The highest BCUT2D eigenvalue weighted by molar-refractivity contribution is 5.77. The zero-order valence-electron chi connectivity index (χ0n) is 14.4. The third kappa shape index (κ3) is 4.47. The summed E-state index contributed by atoms with van der Waals surface area (Å²) < 4.78 is 20.6. The predicted molar refractivity (Wildman–Crippen MR) is 96.1 cm³/mol. The van der Waals surface area contributed by atoms with E-state index in [1.807, 2.05) is 41.9 Å². The monoisotopic (exact) mass is 353 g/mol. The lowest BCUT2D eigenvalue weighted by Gasteiger charge is -2.19. The maximum atomic E-state index is 13.2. The summed E-state index contributed by atoms with van der Waals surface area (Å²) in [5.41, 5.74) is 0.762. The number of carbonyl (C=O) groups excluding carboxylic acids is 1. The van der Waals surface area contributed by atoms with Gasteiger partial charge in [-0.3, -0.25) is 4.79 Å². The average Bonchev–Trinajstić information content (AvgIpc) is 3.07. The van der Waals surface area contributed by atoms with Crippen molar-refractivity contribution in [2.45, 2.75) is 12.5 Å². The van der Waals surface area contributed by atoms with Gasteiger partial charge >= 0.3 is 0 Å². The highest BCUT2D eigenvalue weighted by Crippen LogP contribution is 2.21. The third-order valence-corrected chi connectivity index (χ3v) is 3.97. The van der Waals surface area contributed by atoms with Gasteiger partial charge in [0.05, 0.1) is 13.0 Å². The standard InChI is InChI=1S/C20H20FN3O2/c1-24-13-12-22-20(24)19(15-7-9-16(21)10-8-15)23-18(25)11-14-26-17-5-3-2-4-6-17/h2-10,12-13,19H,11,14H2,1H3,(H,23,25)/t19-/m0/s1. The fraction of sp³-hybridized carbons (Fsp3) is 0.200. The SMILES string of the molecule is Cn1ccnc1[C@@H](NC(=O)CCOc1ccccc1)c1ccc(F)cc1. The maximum absolute atomic E-state index is 13.2. The minimum Gasteiger partial charge on any atom is -0.493 e. The Morgan fingerprint density at radius 1 is 1.19 bits per heavy atom. The van der Waals surface area contributed by atoms with Crippen molar-refractivity contribution in [2.75, 3.05) is 6.61 Å². The number of imidazole rings is 1. The molecule has 0 aliphatic heterocycles. The van der Waals surface area contributed by atoms with Crippen LogP contribution in [0.5, 0.6) is 5.75 Å². The van der Waals surface area contributed by atoms with Crippen molar-refractivity contribution in [3.8, 4) is 5.75 Å². The van der Waals surface area contributed by atoms with Gasteiger partial charge < -0.3 is 14.6 Å². The molecule has 3 aromatic rings.